The zero-order valence-corrected chi connectivity index (χ0v) is 18.6. The summed E-state index contributed by atoms with van der Waals surface area (Å²) < 4.78 is 7.70. The van der Waals surface area contributed by atoms with E-state index in [9.17, 15) is 4.79 Å². The van der Waals surface area contributed by atoms with Gasteiger partial charge in [0.05, 0.1) is 23.0 Å². The number of hydrogen-bond acceptors (Lipinski definition) is 4. The van der Waals surface area contributed by atoms with Crippen LogP contribution in [0.5, 0.6) is 5.75 Å². The molecule has 4 rings (SSSR count). The molecule has 0 spiro atoms. The van der Waals surface area contributed by atoms with Crippen LogP contribution in [0.25, 0.3) is 16.9 Å². The Morgan fingerprint density at radius 1 is 1.03 bits per heavy atom. The maximum absolute atomic E-state index is 12.8. The normalized spacial score (nSPS) is 10.5. The van der Waals surface area contributed by atoms with Gasteiger partial charge in [-0.1, -0.05) is 43.3 Å². The van der Waals surface area contributed by atoms with Gasteiger partial charge < -0.3 is 9.30 Å². The second kappa shape index (κ2) is 9.84. The number of imidazole rings is 1. The number of carbonyl (C=O) groups is 1. The molecule has 0 saturated carbocycles. The van der Waals surface area contributed by atoms with Crippen molar-refractivity contribution in [3.05, 3.63) is 96.4 Å². The number of rotatable bonds is 6. The lowest BCUT2D eigenvalue weighted by Crippen LogP contribution is -2.33. The predicted molar refractivity (Wildman–Crippen MR) is 129 cm³/mol. The standard InChI is InChI=1S/C27H24N4O2/c1-3-26-29-25(21-15-13-20(18-28)14-16-21)19-31(26)23-11-8-12-24(17-23)33-27(32)30(4-2)22-9-6-5-7-10-22/h5-17,19H,3-4H2,1-2H3. The molecule has 0 atom stereocenters. The maximum Gasteiger partial charge on any atom is 0.419 e. The van der Waals surface area contributed by atoms with Crippen LogP contribution in [-0.2, 0) is 6.42 Å². The number of hydrogen-bond donors (Lipinski definition) is 0. The average molecular weight is 437 g/mol. The van der Waals surface area contributed by atoms with Crippen LogP contribution in [0.3, 0.4) is 0 Å². The van der Waals surface area contributed by atoms with E-state index < -0.39 is 6.09 Å². The molecule has 0 saturated heterocycles. The summed E-state index contributed by atoms with van der Waals surface area (Å²) >= 11 is 0. The van der Waals surface area contributed by atoms with Crippen LogP contribution in [0, 0.1) is 11.3 Å². The van der Waals surface area contributed by atoms with Crippen molar-refractivity contribution in [2.75, 3.05) is 11.4 Å². The van der Waals surface area contributed by atoms with Crippen molar-refractivity contribution in [3.63, 3.8) is 0 Å². The molecule has 0 unspecified atom stereocenters. The first-order valence-electron chi connectivity index (χ1n) is 10.9. The summed E-state index contributed by atoms with van der Waals surface area (Å²) in [6, 6.07) is 26.4. The van der Waals surface area contributed by atoms with Gasteiger partial charge in [-0.3, -0.25) is 4.90 Å². The summed E-state index contributed by atoms with van der Waals surface area (Å²) in [4.78, 5) is 19.2. The van der Waals surface area contributed by atoms with Crippen molar-refractivity contribution in [2.24, 2.45) is 0 Å². The predicted octanol–water partition coefficient (Wildman–Crippen LogP) is 6.00. The number of ether oxygens (including phenoxy) is 1. The molecule has 0 N–H and O–H groups in total. The SMILES string of the molecule is CCc1nc(-c2ccc(C#N)cc2)cn1-c1cccc(OC(=O)N(CC)c2ccccc2)c1. The molecule has 0 radical (unpaired) electrons. The first kappa shape index (κ1) is 21.8. The quantitative estimate of drug-likeness (QED) is 0.372. The smallest absolute Gasteiger partial charge is 0.410 e. The summed E-state index contributed by atoms with van der Waals surface area (Å²) in [5.74, 6) is 1.35. The van der Waals surface area contributed by atoms with Gasteiger partial charge in [-0.2, -0.15) is 5.26 Å². The highest BCUT2D eigenvalue weighted by Crippen LogP contribution is 2.25. The van der Waals surface area contributed by atoms with Crippen LogP contribution in [0.2, 0.25) is 0 Å². The monoisotopic (exact) mass is 436 g/mol. The maximum atomic E-state index is 12.8. The van der Waals surface area contributed by atoms with Crippen LogP contribution in [-0.4, -0.2) is 22.2 Å². The topological polar surface area (TPSA) is 71.1 Å². The van der Waals surface area contributed by atoms with Gasteiger partial charge in [0.1, 0.15) is 11.6 Å². The van der Waals surface area contributed by atoms with E-state index >= 15 is 0 Å². The lowest BCUT2D eigenvalue weighted by molar-refractivity contribution is 0.208. The Morgan fingerprint density at radius 3 is 2.45 bits per heavy atom. The van der Waals surface area contributed by atoms with Crippen molar-refractivity contribution in [2.45, 2.75) is 20.3 Å². The van der Waals surface area contributed by atoms with Crippen LogP contribution in [0.15, 0.2) is 85.1 Å². The molecule has 1 amide bonds. The van der Waals surface area contributed by atoms with Crippen molar-refractivity contribution in [3.8, 4) is 28.8 Å². The van der Waals surface area contributed by atoms with Crippen molar-refractivity contribution < 1.29 is 9.53 Å². The van der Waals surface area contributed by atoms with E-state index in [1.54, 1.807) is 23.1 Å². The molecular weight excluding hydrogens is 412 g/mol. The lowest BCUT2D eigenvalue weighted by Gasteiger charge is -2.20. The number of amides is 1. The number of aromatic nitrogens is 2. The first-order chi connectivity index (χ1) is 16.1. The van der Waals surface area contributed by atoms with E-state index in [1.165, 1.54) is 0 Å². The van der Waals surface area contributed by atoms with E-state index in [1.807, 2.05) is 85.3 Å². The highest BCUT2D eigenvalue weighted by Gasteiger charge is 2.17. The third kappa shape index (κ3) is 4.78. The fourth-order valence-corrected chi connectivity index (χ4v) is 3.62. The van der Waals surface area contributed by atoms with Crippen LogP contribution in [0.4, 0.5) is 10.5 Å². The Kier molecular flexibility index (Phi) is 6.51. The Hall–Kier alpha value is -4.37. The summed E-state index contributed by atoms with van der Waals surface area (Å²) in [6.45, 7) is 4.45. The number of carbonyl (C=O) groups excluding carboxylic acids is 1. The molecule has 0 aliphatic heterocycles. The lowest BCUT2D eigenvalue weighted by atomic mass is 10.1. The van der Waals surface area contributed by atoms with E-state index in [0.717, 1.165) is 34.9 Å². The molecule has 6 heteroatoms. The summed E-state index contributed by atoms with van der Waals surface area (Å²) in [6.07, 6.45) is 2.27. The molecule has 3 aromatic carbocycles. The Balaban J connectivity index is 1.60. The minimum Gasteiger partial charge on any atom is -0.410 e. The molecule has 0 aliphatic rings. The van der Waals surface area contributed by atoms with Crippen molar-refractivity contribution in [1.29, 1.82) is 5.26 Å². The first-order valence-corrected chi connectivity index (χ1v) is 10.9. The van der Waals surface area contributed by atoms with E-state index in [-0.39, 0.29) is 0 Å². The molecule has 0 fully saturated rings. The van der Waals surface area contributed by atoms with Gasteiger partial charge in [0.15, 0.2) is 0 Å². The number of benzene rings is 3. The minimum absolute atomic E-state index is 0.430. The number of para-hydroxylation sites is 1. The molecule has 0 bridgehead atoms. The largest absolute Gasteiger partial charge is 0.419 e. The van der Waals surface area contributed by atoms with Crippen molar-refractivity contribution in [1.82, 2.24) is 9.55 Å². The number of anilines is 1. The Morgan fingerprint density at radius 2 is 1.79 bits per heavy atom. The zero-order chi connectivity index (χ0) is 23.2. The molecule has 1 heterocycles. The van der Waals surface area contributed by atoms with E-state index in [4.69, 9.17) is 15.0 Å². The fraction of sp³-hybridized carbons (Fsp3) is 0.148. The van der Waals surface area contributed by atoms with Gasteiger partial charge in [0.25, 0.3) is 0 Å². The van der Waals surface area contributed by atoms with E-state index in [0.29, 0.717) is 17.9 Å². The van der Waals surface area contributed by atoms with Gasteiger partial charge in [0.2, 0.25) is 0 Å². The van der Waals surface area contributed by atoms with E-state index in [2.05, 4.69) is 6.07 Å². The minimum atomic E-state index is -0.430. The molecule has 33 heavy (non-hydrogen) atoms. The molecular formula is C27H24N4O2. The van der Waals surface area contributed by atoms with Gasteiger partial charge >= 0.3 is 6.09 Å². The fourth-order valence-electron chi connectivity index (χ4n) is 3.62. The molecule has 6 nitrogen and oxygen atoms in total. The summed E-state index contributed by atoms with van der Waals surface area (Å²) in [5, 5.41) is 9.03. The Labute approximate surface area is 193 Å². The third-order valence-corrected chi connectivity index (χ3v) is 5.31. The summed E-state index contributed by atoms with van der Waals surface area (Å²) in [5.41, 5.74) is 4.01. The number of aryl methyl sites for hydroxylation is 1. The summed E-state index contributed by atoms with van der Waals surface area (Å²) in [7, 11) is 0. The highest BCUT2D eigenvalue weighted by atomic mass is 16.6. The highest BCUT2D eigenvalue weighted by molar-refractivity contribution is 5.89. The van der Waals surface area contributed by atoms with Crippen molar-refractivity contribution >= 4 is 11.8 Å². The van der Waals surface area contributed by atoms with Crippen LogP contribution < -0.4 is 9.64 Å². The molecule has 4 aromatic rings. The van der Waals surface area contributed by atoms with Crippen LogP contribution in [0.1, 0.15) is 25.2 Å². The van der Waals surface area contributed by atoms with Gasteiger partial charge in [-0.05, 0) is 43.3 Å². The molecule has 1 aromatic heterocycles. The van der Waals surface area contributed by atoms with Gasteiger partial charge in [-0.25, -0.2) is 9.78 Å². The Bertz CT molecular complexity index is 1290. The number of nitriles is 1. The zero-order valence-electron chi connectivity index (χ0n) is 18.6. The van der Waals surface area contributed by atoms with Gasteiger partial charge in [-0.15, -0.1) is 0 Å². The molecule has 0 aliphatic carbocycles. The van der Waals surface area contributed by atoms with Crippen LogP contribution >= 0.6 is 0 Å². The molecule has 164 valence electrons. The second-order valence-corrected chi connectivity index (χ2v) is 7.40. The second-order valence-electron chi connectivity index (χ2n) is 7.40. The third-order valence-electron chi connectivity index (χ3n) is 5.31. The van der Waals surface area contributed by atoms with Gasteiger partial charge in [0, 0.05) is 36.5 Å². The number of nitrogens with zero attached hydrogens (tertiary/aromatic N) is 4. The average Bonchev–Trinajstić information content (AvgIpc) is 3.30.